The van der Waals surface area contributed by atoms with E-state index in [2.05, 4.69) is 0 Å². The van der Waals surface area contributed by atoms with Gasteiger partial charge in [-0.25, -0.2) is 4.79 Å². The summed E-state index contributed by atoms with van der Waals surface area (Å²) >= 11 is 1.22. The van der Waals surface area contributed by atoms with Crippen molar-refractivity contribution in [1.29, 1.82) is 0 Å². The van der Waals surface area contributed by atoms with Crippen molar-refractivity contribution in [3.05, 3.63) is 63.7 Å². The van der Waals surface area contributed by atoms with Gasteiger partial charge in [-0.15, -0.1) is 0 Å². The molecule has 7 nitrogen and oxygen atoms in total. The Morgan fingerprint density at radius 1 is 1.09 bits per heavy atom. The zero-order chi connectivity index (χ0) is 17.0. The quantitative estimate of drug-likeness (QED) is 0.616. The molecule has 0 amide bonds. The maximum absolute atomic E-state index is 11.0. The Balaban J connectivity index is 2.32. The van der Waals surface area contributed by atoms with E-state index in [1.165, 1.54) is 42.1 Å². The van der Waals surface area contributed by atoms with Gasteiger partial charge in [-0.05, 0) is 35.9 Å². The monoisotopic (exact) mass is 333 g/mol. The highest BCUT2D eigenvalue weighted by atomic mass is 32.2. The van der Waals surface area contributed by atoms with Crippen LogP contribution in [0.3, 0.4) is 0 Å². The van der Waals surface area contributed by atoms with E-state index in [0.29, 0.717) is 15.4 Å². The molecule has 0 heterocycles. The van der Waals surface area contributed by atoms with Crippen LogP contribution in [0, 0.1) is 10.1 Å². The molecule has 0 aliphatic heterocycles. The first kappa shape index (κ1) is 16.5. The lowest BCUT2D eigenvalue weighted by atomic mass is 10.1. The van der Waals surface area contributed by atoms with Crippen LogP contribution in [0.1, 0.15) is 15.9 Å². The molecule has 0 spiro atoms. The zero-order valence-electron chi connectivity index (χ0n) is 11.6. The fourth-order valence-corrected chi connectivity index (χ4v) is 2.80. The van der Waals surface area contributed by atoms with Crippen LogP contribution in [0.2, 0.25) is 0 Å². The summed E-state index contributed by atoms with van der Waals surface area (Å²) in [6, 6.07) is 10.1. The first-order valence-electron chi connectivity index (χ1n) is 6.37. The lowest BCUT2D eigenvalue weighted by Crippen LogP contribution is -2.04. The third-order valence-corrected chi connectivity index (χ3v) is 4.05. The average Bonchev–Trinajstić information content (AvgIpc) is 2.48. The van der Waals surface area contributed by atoms with Crippen LogP contribution in [0.4, 0.5) is 5.69 Å². The van der Waals surface area contributed by atoms with Gasteiger partial charge in [0.2, 0.25) is 0 Å². The van der Waals surface area contributed by atoms with Gasteiger partial charge in [0.15, 0.2) is 0 Å². The Hall–Kier alpha value is -2.87. The van der Waals surface area contributed by atoms with Crippen LogP contribution in [0.25, 0.3) is 0 Å². The summed E-state index contributed by atoms with van der Waals surface area (Å²) in [5.74, 6) is -2.21. The predicted octanol–water partition coefficient (Wildman–Crippen LogP) is 3.07. The number of hydrogen-bond donors (Lipinski definition) is 2. The zero-order valence-corrected chi connectivity index (χ0v) is 12.4. The molecule has 0 atom stereocenters. The molecule has 2 N–H and O–H groups in total. The van der Waals surface area contributed by atoms with Crippen LogP contribution in [-0.2, 0) is 11.2 Å². The smallest absolute Gasteiger partial charge is 0.335 e. The van der Waals surface area contributed by atoms with E-state index in [1.807, 2.05) is 0 Å². The van der Waals surface area contributed by atoms with Crippen molar-refractivity contribution in [3.8, 4) is 0 Å². The number of non-ortho nitro benzene ring substituents is 1. The van der Waals surface area contributed by atoms with E-state index in [4.69, 9.17) is 10.2 Å². The lowest BCUT2D eigenvalue weighted by molar-refractivity contribution is -0.384. The molecule has 2 aromatic carbocycles. The van der Waals surface area contributed by atoms with E-state index in [0.717, 1.165) is 0 Å². The number of nitrogens with zero attached hydrogens (tertiary/aromatic N) is 1. The van der Waals surface area contributed by atoms with E-state index in [1.54, 1.807) is 12.1 Å². The summed E-state index contributed by atoms with van der Waals surface area (Å²) in [4.78, 5) is 33.3. The molecule has 0 aliphatic rings. The summed E-state index contributed by atoms with van der Waals surface area (Å²) in [7, 11) is 0. The van der Waals surface area contributed by atoms with Gasteiger partial charge >= 0.3 is 11.9 Å². The largest absolute Gasteiger partial charge is 0.481 e. The number of aromatic carboxylic acids is 1. The van der Waals surface area contributed by atoms with Gasteiger partial charge in [0.25, 0.3) is 5.69 Å². The SMILES string of the molecule is O=C(O)Cc1cc(C(=O)O)ccc1Sc1ccc([N+](=O)[O-])cc1. The number of nitro benzene ring substituents is 1. The van der Waals surface area contributed by atoms with Gasteiger partial charge in [0, 0.05) is 21.9 Å². The predicted molar refractivity (Wildman–Crippen MR) is 82.0 cm³/mol. The van der Waals surface area contributed by atoms with Crippen molar-refractivity contribution in [2.45, 2.75) is 16.2 Å². The van der Waals surface area contributed by atoms with E-state index >= 15 is 0 Å². The fourth-order valence-electron chi connectivity index (χ4n) is 1.88. The third kappa shape index (κ3) is 4.30. The van der Waals surface area contributed by atoms with Crippen molar-refractivity contribution in [2.75, 3.05) is 0 Å². The summed E-state index contributed by atoms with van der Waals surface area (Å²) < 4.78 is 0. The molecule has 2 aromatic rings. The van der Waals surface area contributed by atoms with Crippen LogP contribution >= 0.6 is 11.8 Å². The number of carboxylic acids is 2. The van der Waals surface area contributed by atoms with E-state index < -0.39 is 16.9 Å². The third-order valence-electron chi connectivity index (χ3n) is 2.92. The van der Waals surface area contributed by atoms with Crippen LogP contribution in [0.5, 0.6) is 0 Å². The number of nitro groups is 1. The summed E-state index contributed by atoms with van der Waals surface area (Å²) in [6.07, 6.45) is -0.309. The van der Waals surface area contributed by atoms with Crippen LogP contribution in [0.15, 0.2) is 52.3 Å². The number of carbonyl (C=O) groups is 2. The van der Waals surface area contributed by atoms with Gasteiger partial charge in [-0.2, -0.15) is 0 Å². The number of carboxylic acid groups (broad SMARTS) is 2. The summed E-state index contributed by atoms with van der Waals surface area (Å²) in [5, 5.41) is 28.6. The minimum atomic E-state index is -1.14. The van der Waals surface area contributed by atoms with E-state index in [-0.39, 0.29) is 17.7 Å². The van der Waals surface area contributed by atoms with Gasteiger partial charge in [-0.3, -0.25) is 14.9 Å². The molecule has 2 rings (SSSR count). The molecular formula is C15H11NO6S. The van der Waals surface area contributed by atoms with E-state index in [9.17, 15) is 19.7 Å². The lowest BCUT2D eigenvalue weighted by Gasteiger charge is -2.09. The molecule has 0 aromatic heterocycles. The molecule has 118 valence electrons. The van der Waals surface area contributed by atoms with Crippen molar-refractivity contribution >= 4 is 29.4 Å². The molecule has 0 aliphatic carbocycles. The Morgan fingerprint density at radius 3 is 2.26 bits per heavy atom. The first-order chi connectivity index (χ1) is 10.9. The highest BCUT2D eigenvalue weighted by Crippen LogP contribution is 2.32. The van der Waals surface area contributed by atoms with Crippen molar-refractivity contribution in [2.24, 2.45) is 0 Å². The minimum Gasteiger partial charge on any atom is -0.481 e. The van der Waals surface area contributed by atoms with Crippen LogP contribution in [-0.4, -0.2) is 27.1 Å². The second-order valence-electron chi connectivity index (χ2n) is 4.55. The molecule has 0 fully saturated rings. The molecule has 0 bridgehead atoms. The number of benzene rings is 2. The maximum atomic E-state index is 11.0. The fraction of sp³-hybridized carbons (Fsp3) is 0.0667. The Kier molecular flexibility index (Phi) is 4.97. The Labute approximate surface area is 134 Å². The van der Waals surface area contributed by atoms with Crippen molar-refractivity contribution in [3.63, 3.8) is 0 Å². The standard InChI is InChI=1S/C15H11NO6S/c17-14(18)8-10-7-9(15(19)20)1-6-13(10)23-12-4-2-11(3-5-12)16(21)22/h1-7H,8H2,(H,17,18)(H,19,20). The molecular weight excluding hydrogens is 322 g/mol. The second-order valence-corrected chi connectivity index (χ2v) is 5.67. The molecule has 0 unspecified atom stereocenters. The van der Waals surface area contributed by atoms with Gasteiger partial charge < -0.3 is 10.2 Å². The Morgan fingerprint density at radius 2 is 1.74 bits per heavy atom. The normalized spacial score (nSPS) is 10.3. The number of rotatable bonds is 6. The molecule has 0 radical (unpaired) electrons. The van der Waals surface area contributed by atoms with Crippen molar-refractivity contribution in [1.82, 2.24) is 0 Å². The molecule has 8 heteroatoms. The van der Waals surface area contributed by atoms with Gasteiger partial charge in [-0.1, -0.05) is 11.8 Å². The van der Waals surface area contributed by atoms with Crippen LogP contribution < -0.4 is 0 Å². The van der Waals surface area contributed by atoms with Crippen molar-refractivity contribution < 1.29 is 24.7 Å². The highest BCUT2D eigenvalue weighted by Gasteiger charge is 2.13. The van der Waals surface area contributed by atoms with Gasteiger partial charge in [0.1, 0.15) is 0 Å². The summed E-state index contributed by atoms with van der Waals surface area (Å²) in [6.45, 7) is 0. The second kappa shape index (κ2) is 6.93. The summed E-state index contributed by atoms with van der Waals surface area (Å²) in [5.41, 5.74) is 0.344. The molecule has 0 saturated heterocycles. The minimum absolute atomic E-state index is 0.00861. The Bertz CT molecular complexity index is 772. The number of hydrogen-bond acceptors (Lipinski definition) is 5. The number of aliphatic carboxylic acids is 1. The highest BCUT2D eigenvalue weighted by molar-refractivity contribution is 7.99. The topological polar surface area (TPSA) is 118 Å². The molecule has 0 saturated carbocycles. The first-order valence-corrected chi connectivity index (χ1v) is 7.19. The van der Waals surface area contributed by atoms with Gasteiger partial charge in [0.05, 0.1) is 16.9 Å². The maximum Gasteiger partial charge on any atom is 0.335 e. The molecule has 23 heavy (non-hydrogen) atoms. The average molecular weight is 333 g/mol.